The summed E-state index contributed by atoms with van der Waals surface area (Å²) in [6.07, 6.45) is 0.146. The zero-order valence-corrected chi connectivity index (χ0v) is 27.7. The van der Waals surface area contributed by atoms with Crippen LogP contribution in [0.1, 0.15) is 44.9 Å². The molecule has 3 amide bonds. The van der Waals surface area contributed by atoms with Crippen molar-refractivity contribution < 1.29 is 42.9 Å². The summed E-state index contributed by atoms with van der Waals surface area (Å²) in [4.78, 5) is 67.1. The molecule has 48 heavy (non-hydrogen) atoms. The molecule has 13 nitrogen and oxygen atoms in total. The zero-order valence-electron chi connectivity index (χ0n) is 26.8. The molecule has 2 aromatic carbocycles. The number of amides is 3. The van der Waals surface area contributed by atoms with Gasteiger partial charge in [-0.3, -0.25) is 19.3 Å². The van der Waals surface area contributed by atoms with Crippen molar-refractivity contribution >= 4 is 54.1 Å². The molecule has 1 saturated heterocycles. The zero-order chi connectivity index (χ0) is 34.2. The molecule has 1 N–H and O–H groups in total. The molecule has 3 aliphatic rings. The number of alkyl carbamates (subject to hydrolysis) is 1. The van der Waals surface area contributed by atoms with Crippen molar-refractivity contribution in [2.24, 2.45) is 0 Å². The largest absolute Gasteiger partial charge is 0.456 e. The lowest BCUT2D eigenvalue weighted by Crippen LogP contribution is -2.71. The number of hydrogen-bond donors (Lipinski definition) is 1. The molecule has 3 aliphatic heterocycles. The number of thioether (sulfide) groups is 1. The van der Waals surface area contributed by atoms with Gasteiger partial charge in [-0.15, -0.1) is 16.4 Å². The second-order valence-electron chi connectivity index (χ2n) is 12.6. The number of benzene rings is 2. The van der Waals surface area contributed by atoms with Gasteiger partial charge in [-0.05, 0) is 38.8 Å². The molecule has 6 rings (SSSR count). The van der Waals surface area contributed by atoms with Gasteiger partial charge < -0.3 is 19.5 Å². The van der Waals surface area contributed by atoms with Crippen molar-refractivity contribution in [1.82, 2.24) is 14.9 Å². The Bertz CT molecular complexity index is 1720. The van der Waals surface area contributed by atoms with Gasteiger partial charge in [0.1, 0.15) is 29.3 Å². The van der Waals surface area contributed by atoms with E-state index in [9.17, 15) is 24.0 Å². The number of nitrogens with zero attached hydrogens (tertiary/aromatic N) is 4. The summed E-state index contributed by atoms with van der Waals surface area (Å²) >= 11 is 1.38. The van der Waals surface area contributed by atoms with E-state index in [0.29, 0.717) is 24.4 Å². The van der Waals surface area contributed by atoms with Crippen molar-refractivity contribution in [2.75, 3.05) is 11.4 Å². The van der Waals surface area contributed by atoms with Crippen molar-refractivity contribution in [3.63, 3.8) is 0 Å². The fourth-order valence-electron chi connectivity index (χ4n) is 6.12. The Kier molecular flexibility index (Phi) is 9.01. The minimum atomic E-state index is -0.946. The van der Waals surface area contributed by atoms with Gasteiger partial charge in [0.15, 0.2) is 24.4 Å². The van der Waals surface area contributed by atoms with Crippen LogP contribution in [0.4, 0.5) is 10.6 Å². The number of ether oxygens (including phenoxy) is 3. The third-order valence-corrected chi connectivity index (χ3v) is 9.53. The lowest BCUT2D eigenvalue weighted by Gasteiger charge is -2.51. The van der Waals surface area contributed by atoms with Crippen LogP contribution in [-0.4, -0.2) is 75.3 Å². The van der Waals surface area contributed by atoms with Crippen molar-refractivity contribution in [2.45, 2.75) is 68.7 Å². The van der Waals surface area contributed by atoms with Crippen LogP contribution in [0.3, 0.4) is 0 Å². The average Bonchev–Trinajstić information content (AvgIpc) is 3.48. The van der Waals surface area contributed by atoms with Crippen LogP contribution in [0.25, 0.3) is 5.70 Å². The summed E-state index contributed by atoms with van der Waals surface area (Å²) in [7, 11) is 0. The highest BCUT2D eigenvalue weighted by molar-refractivity contribution is 8.01. The molecule has 3 aromatic rings. The minimum absolute atomic E-state index is 0.00247. The predicted molar refractivity (Wildman–Crippen MR) is 174 cm³/mol. The SMILES string of the molecule is CC1S[C@@H]2[C@H](NC(=O)OC(C)(C)C)C(=O)N2C(C(=O)OC(c2ccccc2)c2ccccc2)=C1n1ccc2[n+]1CC(OC=O)CN2C=O. The van der Waals surface area contributed by atoms with E-state index in [2.05, 4.69) is 5.32 Å². The lowest BCUT2D eigenvalue weighted by atomic mass is 10.0. The van der Waals surface area contributed by atoms with Gasteiger partial charge >= 0.3 is 17.9 Å². The maximum Gasteiger partial charge on any atom is 0.408 e. The molecule has 0 aliphatic carbocycles. The molecule has 0 radical (unpaired) electrons. The number of rotatable bonds is 9. The van der Waals surface area contributed by atoms with Gasteiger partial charge in [0.25, 0.3) is 18.8 Å². The standard InChI is InChI=1S/C34H35N5O8S/c1-21-27(37-16-15-25-36(19-40)17-24(45-20-41)18-38(25)37)28(39-30(42)26(31(39)48-21)35-33(44)47-34(2,3)4)32(43)46-29(22-11-7-5-8-12-22)23-13-9-6-10-14-23/h5-16,19-21,24,26,29,31H,17-18H2,1-4H3/p+1/t21?,24?,26-,31-/m1/s1. The van der Waals surface area contributed by atoms with Crippen molar-refractivity contribution in [3.8, 4) is 0 Å². The summed E-state index contributed by atoms with van der Waals surface area (Å²) < 4.78 is 20.4. The van der Waals surface area contributed by atoms with Crippen LogP contribution in [0.2, 0.25) is 0 Å². The molecule has 1 aromatic heterocycles. The minimum Gasteiger partial charge on any atom is -0.456 e. The quantitative estimate of drug-likeness (QED) is 0.119. The molecule has 0 saturated carbocycles. The molecule has 4 atom stereocenters. The Morgan fingerprint density at radius 3 is 2.25 bits per heavy atom. The van der Waals surface area contributed by atoms with Gasteiger partial charge in [0.2, 0.25) is 0 Å². The number of carbonyl (C=O) groups is 5. The number of carbonyl (C=O) groups excluding carboxylic acids is 5. The fourth-order valence-corrected chi connectivity index (χ4v) is 7.56. The van der Waals surface area contributed by atoms with E-state index in [1.165, 1.54) is 21.6 Å². The van der Waals surface area contributed by atoms with E-state index in [0.717, 1.165) is 11.1 Å². The van der Waals surface area contributed by atoms with E-state index in [-0.39, 0.29) is 18.8 Å². The Labute approximate surface area is 281 Å². The molecule has 2 unspecified atom stereocenters. The van der Waals surface area contributed by atoms with E-state index in [1.807, 2.05) is 67.6 Å². The van der Waals surface area contributed by atoms with E-state index in [1.54, 1.807) is 42.4 Å². The second kappa shape index (κ2) is 13.2. The smallest absolute Gasteiger partial charge is 0.408 e. The first kappa shape index (κ1) is 32.8. The molecule has 4 heterocycles. The highest BCUT2D eigenvalue weighted by Gasteiger charge is 2.57. The predicted octanol–water partition coefficient (Wildman–Crippen LogP) is 2.99. The first-order valence-electron chi connectivity index (χ1n) is 15.5. The van der Waals surface area contributed by atoms with Crippen molar-refractivity contribution in [1.29, 1.82) is 0 Å². The molecule has 0 bridgehead atoms. The number of hydrogen-bond acceptors (Lipinski definition) is 9. The Hall–Kier alpha value is -5.11. The van der Waals surface area contributed by atoms with Gasteiger partial charge in [-0.25, -0.2) is 9.59 Å². The lowest BCUT2D eigenvalue weighted by molar-refractivity contribution is -0.762. The van der Waals surface area contributed by atoms with Crippen LogP contribution in [0.15, 0.2) is 78.6 Å². The topological polar surface area (TPSA) is 140 Å². The molecular formula is C34H36N5O8S+. The van der Waals surface area contributed by atoms with Gasteiger partial charge in [0, 0.05) is 0 Å². The number of β-lactam (4-membered cyclic amide) rings is 1. The Morgan fingerprint density at radius 1 is 1.02 bits per heavy atom. The van der Waals surface area contributed by atoms with Crippen LogP contribution in [0, 0.1) is 0 Å². The fraction of sp³-hybridized carbons (Fsp3) is 0.353. The van der Waals surface area contributed by atoms with Crippen LogP contribution in [0.5, 0.6) is 0 Å². The first-order chi connectivity index (χ1) is 23.0. The van der Waals surface area contributed by atoms with E-state index < -0.39 is 52.4 Å². The molecular weight excluding hydrogens is 638 g/mol. The molecule has 14 heteroatoms. The monoisotopic (exact) mass is 674 g/mol. The van der Waals surface area contributed by atoms with E-state index in [4.69, 9.17) is 14.2 Å². The summed E-state index contributed by atoms with van der Waals surface area (Å²) in [5, 5.41) is 1.62. The highest BCUT2D eigenvalue weighted by atomic mass is 32.2. The third kappa shape index (κ3) is 6.27. The molecule has 1 fully saturated rings. The number of esters is 1. The van der Waals surface area contributed by atoms with Gasteiger partial charge in [-0.2, -0.15) is 9.58 Å². The number of aromatic nitrogens is 2. The number of nitrogens with one attached hydrogen (secondary N) is 1. The third-order valence-electron chi connectivity index (χ3n) is 8.13. The highest BCUT2D eigenvalue weighted by Crippen LogP contribution is 2.46. The van der Waals surface area contributed by atoms with Gasteiger partial charge in [0.05, 0.1) is 17.5 Å². The Morgan fingerprint density at radius 2 is 1.67 bits per heavy atom. The first-order valence-corrected chi connectivity index (χ1v) is 16.4. The van der Waals surface area contributed by atoms with Crippen molar-refractivity contribution in [3.05, 3.63) is 89.8 Å². The van der Waals surface area contributed by atoms with Gasteiger partial charge in [-0.1, -0.05) is 60.7 Å². The summed E-state index contributed by atoms with van der Waals surface area (Å²) in [5.74, 6) is -0.745. The maximum absolute atomic E-state index is 14.6. The van der Waals surface area contributed by atoms with E-state index >= 15 is 0 Å². The van der Waals surface area contributed by atoms with Crippen LogP contribution < -0.4 is 14.9 Å². The summed E-state index contributed by atoms with van der Waals surface area (Å²) in [6, 6.07) is 19.3. The summed E-state index contributed by atoms with van der Waals surface area (Å²) in [5.41, 5.74) is 1.11. The normalized spacial score (nSPS) is 21.9. The molecule has 0 spiro atoms. The molecule has 250 valence electrons. The summed E-state index contributed by atoms with van der Waals surface area (Å²) in [6.45, 7) is 7.74. The maximum atomic E-state index is 14.6. The van der Waals surface area contributed by atoms with Crippen LogP contribution >= 0.6 is 11.8 Å². The van der Waals surface area contributed by atoms with Crippen LogP contribution in [-0.2, 0) is 39.9 Å². The second-order valence-corrected chi connectivity index (χ2v) is 14.0. The average molecular weight is 675 g/mol. The Balaban J connectivity index is 1.44. The number of fused-ring (bicyclic) bond motifs is 2. The number of anilines is 1.